The van der Waals surface area contributed by atoms with E-state index in [-0.39, 0.29) is 30.8 Å². The molecular weight excluding hydrogens is 378 g/mol. The number of benzene rings is 1. The van der Waals surface area contributed by atoms with E-state index < -0.39 is 11.2 Å². The number of hydrogen-bond acceptors (Lipinski definition) is 6. The van der Waals surface area contributed by atoms with E-state index in [2.05, 4.69) is 10.3 Å². The normalized spacial score (nSPS) is 10.8. The van der Waals surface area contributed by atoms with Crippen LogP contribution in [0.25, 0.3) is 10.9 Å². The summed E-state index contributed by atoms with van der Waals surface area (Å²) >= 11 is 0. The summed E-state index contributed by atoms with van der Waals surface area (Å²) in [7, 11) is 0. The van der Waals surface area contributed by atoms with Gasteiger partial charge in [-0.15, -0.1) is 0 Å². The molecule has 0 aliphatic heterocycles. The molecule has 2 aromatic heterocycles. The predicted molar refractivity (Wildman–Crippen MR) is 106 cm³/mol. The fourth-order valence-corrected chi connectivity index (χ4v) is 2.90. The minimum absolute atomic E-state index is 0.0233. The fraction of sp³-hybridized carbons (Fsp3) is 0.350. The lowest BCUT2D eigenvalue weighted by Gasteiger charge is -2.13. The van der Waals surface area contributed by atoms with Crippen molar-refractivity contribution in [1.82, 2.24) is 14.9 Å². The van der Waals surface area contributed by atoms with Crippen LogP contribution in [0.15, 0.2) is 44.5 Å². The van der Waals surface area contributed by atoms with Gasteiger partial charge in [0, 0.05) is 19.0 Å². The van der Waals surface area contributed by atoms with Gasteiger partial charge in [-0.3, -0.25) is 14.2 Å². The van der Waals surface area contributed by atoms with Crippen molar-refractivity contribution in [2.24, 2.45) is 0 Å². The van der Waals surface area contributed by atoms with Gasteiger partial charge < -0.3 is 24.2 Å². The van der Waals surface area contributed by atoms with E-state index in [1.165, 1.54) is 6.26 Å². The third kappa shape index (κ3) is 4.68. The Morgan fingerprint density at radius 2 is 1.90 bits per heavy atom. The highest BCUT2D eigenvalue weighted by Crippen LogP contribution is 2.30. The van der Waals surface area contributed by atoms with Gasteiger partial charge in [-0.2, -0.15) is 0 Å². The minimum atomic E-state index is -0.590. The van der Waals surface area contributed by atoms with Gasteiger partial charge in [-0.25, -0.2) is 4.79 Å². The summed E-state index contributed by atoms with van der Waals surface area (Å²) in [5.74, 6) is 1.20. The number of amides is 1. The van der Waals surface area contributed by atoms with Crippen molar-refractivity contribution in [2.75, 3.05) is 13.2 Å². The predicted octanol–water partition coefficient (Wildman–Crippen LogP) is 1.79. The van der Waals surface area contributed by atoms with Crippen LogP contribution in [0.2, 0.25) is 0 Å². The average molecular weight is 401 g/mol. The Bertz CT molecular complexity index is 1100. The van der Waals surface area contributed by atoms with Crippen molar-refractivity contribution in [2.45, 2.75) is 33.4 Å². The number of carbonyl (C=O) groups is 1. The molecule has 0 spiro atoms. The van der Waals surface area contributed by atoms with Gasteiger partial charge in [0.15, 0.2) is 11.5 Å². The van der Waals surface area contributed by atoms with E-state index in [0.29, 0.717) is 36.0 Å². The van der Waals surface area contributed by atoms with E-state index in [1.54, 1.807) is 24.3 Å². The Morgan fingerprint density at radius 1 is 1.17 bits per heavy atom. The first-order valence-corrected chi connectivity index (χ1v) is 9.39. The summed E-state index contributed by atoms with van der Waals surface area (Å²) in [6.45, 7) is 4.67. The highest BCUT2D eigenvalue weighted by atomic mass is 16.5. The maximum absolute atomic E-state index is 12.8. The molecule has 2 N–H and O–H groups in total. The van der Waals surface area contributed by atoms with Crippen LogP contribution in [0, 0.1) is 0 Å². The maximum Gasteiger partial charge on any atom is 0.328 e. The number of carbonyl (C=O) groups excluding carboxylic acids is 1. The Morgan fingerprint density at radius 3 is 2.55 bits per heavy atom. The van der Waals surface area contributed by atoms with Gasteiger partial charge in [0.2, 0.25) is 5.91 Å². The molecule has 9 nitrogen and oxygen atoms in total. The largest absolute Gasteiger partial charge is 0.490 e. The molecule has 0 atom stereocenters. The summed E-state index contributed by atoms with van der Waals surface area (Å²) in [5, 5.41) is 2.97. The number of nitrogens with zero attached hydrogens (tertiary/aromatic N) is 1. The molecule has 1 aromatic carbocycles. The van der Waals surface area contributed by atoms with Gasteiger partial charge in [0.1, 0.15) is 5.76 Å². The molecule has 0 unspecified atom stereocenters. The van der Waals surface area contributed by atoms with E-state index in [0.717, 1.165) is 4.57 Å². The monoisotopic (exact) mass is 401 g/mol. The molecule has 2 heterocycles. The highest BCUT2D eigenvalue weighted by Gasteiger charge is 2.14. The fourth-order valence-electron chi connectivity index (χ4n) is 2.90. The average Bonchev–Trinajstić information content (AvgIpc) is 3.21. The van der Waals surface area contributed by atoms with Gasteiger partial charge in [-0.05, 0) is 32.0 Å². The zero-order valence-corrected chi connectivity index (χ0v) is 16.3. The molecule has 0 saturated heterocycles. The van der Waals surface area contributed by atoms with Crippen LogP contribution >= 0.6 is 0 Å². The first kappa shape index (κ1) is 20.2. The topological polar surface area (TPSA) is 116 Å². The molecule has 0 fully saturated rings. The van der Waals surface area contributed by atoms with Crippen molar-refractivity contribution in [1.29, 1.82) is 0 Å². The minimum Gasteiger partial charge on any atom is -0.490 e. The number of aromatic amines is 1. The first-order valence-electron chi connectivity index (χ1n) is 9.39. The molecule has 1 amide bonds. The molecule has 29 heavy (non-hydrogen) atoms. The Hall–Kier alpha value is -3.49. The Balaban J connectivity index is 1.82. The number of hydrogen-bond donors (Lipinski definition) is 2. The van der Waals surface area contributed by atoms with Crippen molar-refractivity contribution in [3.63, 3.8) is 0 Å². The Labute approximate surface area is 166 Å². The van der Waals surface area contributed by atoms with Crippen LogP contribution in [0.5, 0.6) is 11.5 Å². The first-order chi connectivity index (χ1) is 14.0. The van der Waals surface area contributed by atoms with Crippen molar-refractivity contribution in [3.05, 3.63) is 57.1 Å². The van der Waals surface area contributed by atoms with E-state index in [1.807, 2.05) is 13.8 Å². The van der Waals surface area contributed by atoms with Crippen LogP contribution in [-0.2, 0) is 17.9 Å². The SMILES string of the molecule is CCOc1cc2[nH]c(=O)n(CCC(=O)NCc3ccco3)c(=O)c2cc1OCC. The van der Waals surface area contributed by atoms with Gasteiger partial charge >= 0.3 is 5.69 Å². The number of nitrogens with one attached hydrogen (secondary N) is 2. The summed E-state index contributed by atoms with van der Waals surface area (Å²) in [4.78, 5) is 39.9. The molecule has 9 heteroatoms. The van der Waals surface area contributed by atoms with E-state index >= 15 is 0 Å². The van der Waals surface area contributed by atoms with Gasteiger partial charge in [-0.1, -0.05) is 0 Å². The molecule has 3 aromatic rings. The lowest BCUT2D eigenvalue weighted by atomic mass is 10.2. The second-order valence-electron chi connectivity index (χ2n) is 6.20. The standard InChI is InChI=1S/C20H23N3O6/c1-3-27-16-10-14-15(11-17(16)28-4-2)22-20(26)23(19(14)25)8-7-18(24)21-12-13-6-5-9-29-13/h5-6,9-11H,3-4,7-8,12H2,1-2H3,(H,21,24)(H,22,26). The van der Waals surface area contributed by atoms with Gasteiger partial charge in [0.25, 0.3) is 5.56 Å². The number of fused-ring (bicyclic) bond motifs is 1. The van der Waals surface area contributed by atoms with E-state index in [9.17, 15) is 14.4 Å². The lowest BCUT2D eigenvalue weighted by Crippen LogP contribution is -2.36. The molecule has 154 valence electrons. The Kier molecular flexibility index (Phi) is 6.38. The van der Waals surface area contributed by atoms with E-state index in [4.69, 9.17) is 13.9 Å². The summed E-state index contributed by atoms with van der Waals surface area (Å²) < 4.78 is 17.2. The number of furan rings is 1. The second kappa shape index (κ2) is 9.13. The smallest absolute Gasteiger partial charge is 0.328 e. The van der Waals surface area contributed by atoms with Crippen molar-refractivity contribution in [3.8, 4) is 11.5 Å². The second-order valence-corrected chi connectivity index (χ2v) is 6.20. The van der Waals surface area contributed by atoms with Crippen LogP contribution in [0.1, 0.15) is 26.0 Å². The summed E-state index contributed by atoms with van der Waals surface area (Å²) in [6.07, 6.45) is 1.49. The van der Waals surface area contributed by atoms with Crippen molar-refractivity contribution >= 4 is 16.8 Å². The zero-order chi connectivity index (χ0) is 20.8. The van der Waals surface area contributed by atoms with Crippen molar-refractivity contribution < 1.29 is 18.7 Å². The lowest BCUT2D eigenvalue weighted by molar-refractivity contribution is -0.121. The molecular formula is C20H23N3O6. The highest BCUT2D eigenvalue weighted by molar-refractivity contribution is 5.81. The third-order valence-corrected chi connectivity index (χ3v) is 4.25. The van der Waals surface area contributed by atoms with Crippen LogP contribution in [-0.4, -0.2) is 28.7 Å². The van der Waals surface area contributed by atoms with Gasteiger partial charge in [0.05, 0.1) is 36.9 Å². The molecule has 0 aliphatic carbocycles. The molecule has 0 saturated carbocycles. The summed E-state index contributed by atoms with van der Waals surface area (Å²) in [6, 6.07) is 6.59. The molecule has 0 aliphatic rings. The number of H-pyrrole nitrogens is 1. The van der Waals surface area contributed by atoms with Crippen LogP contribution in [0.3, 0.4) is 0 Å². The number of aromatic nitrogens is 2. The van der Waals surface area contributed by atoms with Crippen LogP contribution < -0.4 is 26.0 Å². The molecule has 0 radical (unpaired) electrons. The quantitative estimate of drug-likeness (QED) is 0.565. The molecule has 3 rings (SSSR count). The maximum atomic E-state index is 12.8. The van der Waals surface area contributed by atoms with Crippen LogP contribution in [0.4, 0.5) is 0 Å². The summed E-state index contributed by atoms with van der Waals surface area (Å²) in [5.41, 5.74) is -0.732. The third-order valence-electron chi connectivity index (χ3n) is 4.25. The zero-order valence-electron chi connectivity index (χ0n) is 16.3. The number of rotatable bonds is 9. The molecule has 0 bridgehead atoms. The number of ether oxygens (including phenoxy) is 2.